The molecule has 19 heavy (non-hydrogen) atoms. The second kappa shape index (κ2) is 6.35. The van der Waals surface area contributed by atoms with Crippen LogP contribution in [0.3, 0.4) is 0 Å². The summed E-state index contributed by atoms with van der Waals surface area (Å²) in [6, 6.07) is 13.5. The fourth-order valence-electron chi connectivity index (χ4n) is 1.52. The molecule has 4 nitrogen and oxygen atoms in total. The minimum Gasteiger partial charge on any atom is -0.457 e. The Labute approximate surface area is 110 Å². The van der Waals surface area contributed by atoms with Gasteiger partial charge in [-0.1, -0.05) is 24.3 Å². The standard InChI is InChI=1S/C15H12O4/c16-9-12-3-1-5-14(7-12)18-11-19-15-6-2-4-13(8-15)10-17/h1-10H,11H2. The van der Waals surface area contributed by atoms with E-state index < -0.39 is 0 Å². The number of rotatable bonds is 6. The number of benzene rings is 2. The van der Waals surface area contributed by atoms with Gasteiger partial charge in [0.1, 0.15) is 24.1 Å². The van der Waals surface area contributed by atoms with Gasteiger partial charge in [0.05, 0.1) is 0 Å². The van der Waals surface area contributed by atoms with E-state index in [0.717, 1.165) is 12.6 Å². The van der Waals surface area contributed by atoms with Crippen LogP contribution in [0.1, 0.15) is 20.7 Å². The van der Waals surface area contributed by atoms with Crippen LogP contribution >= 0.6 is 0 Å². The first-order valence-electron chi connectivity index (χ1n) is 5.68. The summed E-state index contributed by atoms with van der Waals surface area (Å²) in [6.07, 6.45) is 1.50. The van der Waals surface area contributed by atoms with Crippen molar-refractivity contribution in [3.8, 4) is 11.5 Å². The molecule has 0 unspecified atom stereocenters. The number of carbonyl (C=O) groups is 2. The Morgan fingerprint density at radius 1 is 0.789 bits per heavy atom. The van der Waals surface area contributed by atoms with Gasteiger partial charge < -0.3 is 9.47 Å². The van der Waals surface area contributed by atoms with E-state index in [1.54, 1.807) is 48.5 Å². The Morgan fingerprint density at radius 3 is 1.68 bits per heavy atom. The minimum atomic E-state index is 0.00458. The van der Waals surface area contributed by atoms with Crippen LogP contribution in [0.25, 0.3) is 0 Å². The quantitative estimate of drug-likeness (QED) is 0.589. The van der Waals surface area contributed by atoms with Gasteiger partial charge in [0, 0.05) is 11.1 Å². The topological polar surface area (TPSA) is 52.6 Å². The van der Waals surface area contributed by atoms with Crippen LogP contribution in [0.15, 0.2) is 48.5 Å². The summed E-state index contributed by atoms with van der Waals surface area (Å²) in [5.41, 5.74) is 1.08. The first-order chi connectivity index (χ1) is 9.31. The second-order valence-corrected chi connectivity index (χ2v) is 3.79. The largest absolute Gasteiger partial charge is 0.457 e. The third-order valence-corrected chi connectivity index (χ3v) is 2.44. The number of ether oxygens (including phenoxy) is 2. The number of carbonyl (C=O) groups excluding carboxylic acids is 2. The van der Waals surface area contributed by atoms with Crippen molar-refractivity contribution in [2.24, 2.45) is 0 Å². The lowest BCUT2D eigenvalue weighted by atomic mass is 10.2. The number of hydrogen-bond donors (Lipinski definition) is 0. The van der Waals surface area contributed by atoms with Gasteiger partial charge in [-0.25, -0.2) is 0 Å². The predicted octanol–water partition coefficient (Wildman–Crippen LogP) is 2.73. The maximum Gasteiger partial charge on any atom is 0.230 e. The first kappa shape index (κ1) is 12.8. The van der Waals surface area contributed by atoms with E-state index in [4.69, 9.17) is 9.47 Å². The number of aldehydes is 2. The highest BCUT2D eigenvalue weighted by Gasteiger charge is 1.98. The second-order valence-electron chi connectivity index (χ2n) is 3.79. The van der Waals surface area contributed by atoms with E-state index in [2.05, 4.69) is 0 Å². The molecule has 0 fully saturated rings. The van der Waals surface area contributed by atoms with Crippen molar-refractivity contribution < 1.29 is 19.1 Å². The van der Waals surface area contributed by atoms with E-state index in [1.165, 1.54) is 0 Å². The smallest absolute Gasteiger partial charge is 0.230 e. The van der Waals surface area contributed by atoms with Crippen LogP contribution in [0.4, 0.5) is 0 Å². The molecule has 2 aromatic rings. The normalized spacial score (nSPS) is 9.68. The molecular weight excluding hydrogens is 244 g/mol. The van der Waals surface area contributed by atoms with E-state index in [0.29, 0.717) is 22.6 Å². The van der Waals surface area contributed by atoms with Crippen molar-refractivity contribution in [3.63, 3.8) is 0 Å². The van der Waals surface area contributed by atoms with Gasteiger partial charge in [0.15, 0.2) is 0 Å². The molecule has 4 heteroatoms. The summed E-state index contributed by atoms with van der Waals surface area (Å²) >= 11 is 0. The van der Waals surface area contributed by atoms with E-state index >= 15 is 0 Å². The molecule has 0 aliphatic heterocycles. The zero-order valence-electron chi connectivity index (χ0n) is 10.1. The Balaban J connectivity index is 1.92. The van der Waals surface area contributed by atoms with Crippen molar-refractivity contribution in [2.75, 3.05) is 6.79 Å². The molecule has 0 spiro atoms. The van der Waals surface area contributed by atoms with Crippen LogP contribution in [0.5, 0.6) is 11.5 Å². The molecule has 0 N–H and O–H groups in total. The molecule has 2 aromatic carbocycles. The van der Waals surface area contributed by atoms with Crippen LogP contribution in [-0.2, 0) is 0 Å². The molecule has 0 radical (unpaired) electrons. The molecule has 0 saturated carbocycles. The molecule has 0 atom stereocenters. The van der Waals surface area contributed by atoms with Crippen LogP contribution in [0, 0.1) is 0 Å². The van der Waals surface area contributed by atoms with Crippen LogP contribution in [-0.4, -0.2) is 19.4 Å². The van der Waals surface area contributed by atoms with E-state index in [1.807, 2.05) is 0 Å². The molecular formula is C15H12O4. The van der Waals surface area contributed by atoms with Gasteiger partial charge in [-0.3, -0.25) is 9.59 Å². The monoisotopic (exact) mass is 256 g/mol. The number of hydrogen-bond acceptors (Lipinski definition) is 4. The SMILES string of the molecule is O=Cc1cccc(OCOc2cccc(C=O)c2)c1. The molecule has 0 heterocycles. The van der Waals surface area contributed by atoms with Gasteiger partial charge in [0.2, 0.25) is 6.79 Å². The van der Waals surface area contributed by atoms with Gasteiger partial charge >= 0.3 is 0 Å². The maximum atomic E-state index is 10.6. The van der Waals surface area contributed by atoms with Gasteiger partial charge in [-0.2, -0.15) is 0 Å². The third kappa shape index (κ3) is 3.67. The summed E-state index contributed by atoms with van der Waals surface area (Å²) in [4.78, 5) is 21.2. The van der Waals surface area contributed by atoms with Crippen LogP contribution < -0.4 is 9.47 Å². The van der Waals surface area contributed by atoms with Crippen LogP contribution in [0.2, 0.25) is 0 Å². The van der Waals surface area contributed by atoms with Crippen molar-refractivity contribution in [3.05, 3.63) is 59.7 Å². The lowest BCUT2D eigenvalue weighted by Gasteiger charge is -2.08. The van der Waals surface area contributed by atoms with Crippen molar-refractivity contribution in [1.29, 1.82) is 0 Å². The van der Waals surface area contributed by atoms with Gasteiger partial charge in [0.25, 0.3) is 0 Å². The minimum absolute atomic E-state index is 0.00458. The van der Waals surface area contributed by atoms with E-state index in [9.17, 15) is 9.59 Å². The summed E-state index contributed by atoms with van der Waals surface area (Å²) in [7, 11) is 0. The Bertz CT molecular complexity index is 526. The Kier molecular flexibility index (Phi) is 4.29. The molecule has 0 aliphatic rings. The zero-order chi connectivity index (χ0) is 13.5. The molecule has 0 aromatic heterocycles. The molecule has 96 valence electrons. The summed E-state index contributed by atoms with van der Waals surface area (Å²) in [5.74, 6) is 1.10. The average Bonchev–Trinajstić information content (AvgIpc) is 2.48. The van der Waals surface area contributed by atoms with Crippen molar-refractivity contribution in [1.82, 2.24) is 0 Å². The summed E-state index contributed by atoms with van der Waals surface area (Å²) in [6.45, 7) is 0.00458. The zero-order valence-corrected chi connectivity index (χ0v) is 10.1. The third-order valence-electron chi connectivity index (χ3n) is 2.44. The Morgan fingerprint density at radius 2 is 1.26 bits per heavy atom. The maximum absolute atomic E-state index is 10.6. The molecule has 0 bridgehead atoms. The average molecular weight is 256 g/mol. The fraction of sp³-hybridized carbons (Fsp3) is 0.0667. The van der Waals surface area contributed by atoms with Crippen molar-refractivity contribution in [2.45, 2.75) is 0 Å². The lowest BCUT2D eigenvalue weighted by Crippen LogP contribution is -2.05. The fourth-order valence-corrected chi connectivity index (χ4v) is 1.52. The molecule has 2 rings (SSSR count). The highest BCUT2D eigenvalue weighted by atomic mass is 16.7. The molecule has 0 saturated heterocycles. The summed E-state index contributed by atoms with van der Waals surface area (Å²) in [5, 5.41) is 0. The van der Waals surface area contributed by atoms with Gasteiger partial charge in [-0.05, 0) is 24.3 Å². The lowest BCUT2D eigenvalue weighted by molar-refractivity contribution is 0.111. The summed E-state index contributed by atoms with van der Waals surface area (Å²) < 4.78 is 10.7. The van der Waals surface area contributed by atoms with Gasteiger partial charge in [-0.15, -0.1) is 0 Å². The predicted molar refractivity (Wildman–Crippen MR) is 69.8 cm³/mol. The highest BCUT2D eigenvalue weighted by Crippen LogP contribution is 2.14. The highest BCUT2D eigenvalue weighted by molar-refractivity contribution is 5.75. The first-order valence-corrected chi connectivity index (χ1v) is 5.68. The Hall–Kier alpha value is -2.62. The molecule has 0 amide bonds. The van der Waals surface area contributed by atoms with E-state index in [-0.39, 0.29) is 6.79 Å². The van der Waals surface area contributed by atoms with Crippen molar-refractivity contribution >= 4 is 12.6 Å². The molecule has 0 aliphatic carbocycles.